The van der Waals surface area contributed by atoms with Crippen LogP contribution in [0.4, 0.5) is 10.5 Å². The third-order valence-electron chi connectivity index (χ3n) is 4.25. The van der Waals surface area contributed by atoms with Gasteiger partial charge in [-0.2, -0.15) is 0 Å². The van der Waals surface area contributed by atoms with Gasteiger partial charge in [-0.25, -0.2) is 9.69 Å². The summed E-state index contributed by atoms with van der Waals surface area (Å²) in [5, 5.41) is 0. The first-order chi connectivity index (χ1) is 12.4. The summed E-state index contributed by atoms with van der Waals surface area (Å²) in [5.74, 6) is -0.342. The fourth-order valence-corrected chi connectivity index (χ4v) is 3.31. The van der Waals surface area contributed by atoms with Gasteiger partial charge in [0.25, 0.3) is 5.91 Å². The van der Waals surface area contributed by atoms with Gasteiger partial charge in [0.05, 0.1) is 5.69 Å². The van der Waals surface area contributed by atoms with Crippen LogP contribution in [0, 0.1) is 0 Å². The molecule has 2 amide bonds. The highest BCUT2D eigenvalue weighted by Gasteiger charge is 2.34. The first kappa shape index (κ1) is 21.6. The summed E-state index contributed by atoms with van der Waals surface area (Å²) in [6, 6.07) is 7.17. The van der Waals surface area contributed by atoms with Crippen molar-refractivity contribution in [3.05, 3.63) is 40.4 Å². The number of benzene rings is 1. The highest BCUT2D eigenvalue weighted by molar-refractivity contribution is 9.10. The third kappa shape index (κ3) is 5.66. The van der Waals surface area contributed by atoms with Gasteiger partial charge in [-0.05, 0) is 76.0 Å². The quantitative estimate of drug-likeness (QED) is 0.642. The summed E-state index contributed by atoms with van der Waals surface area (Å²) in [4.78, 5) is 29.6. The van der Waals surface area contributed by atoms with Gasteiger partial charge in [0.2, 0.25) is 0 Å². The zero-order valence-electron chi connectivity index (χ0n) is 17.0. The molecule has 0 atom stereocenters. The second kappa shape index (κ2) is 8.15. The normalized spacial score (nSPS) is 15.9. The average Bonchev–Trinajstić information content (AvgIpc) is 2.54. The van der Waals surface area contributed by atoms with Crippen LogP contribution in [0.15, 0.2) is 40.4 Å². The summed E-state index contributed by atoms with van der Waals surface area (Å²) < 4.78 is 6.18. The maximum absolute atomic E-state index is 13.4. The Morgan fingerprint density at radius 2 is 1.74 bits per heavy atom. The lowest BCUT2D eigenvalue weighted by molar-refractivity contribution is -0.115. The molecule has 0 unspecified atom stereocenters. The van der Waals surface area contributed by atoms with Gasteiger partial charge in [-0.1, -0.05) is 18.2 Å². The van der Waals surface area contributed by atoms with E-state index in [9.17, 15) is 9.59 Å². The van der Waals surface area contributed by atoms with Crippen molar-refractivity contribution in [1.82, 2.24) is 4.90 Å². The van der Waals surface area contributed by atoms with Gasteiger partial charge >= 0.3 is 6.09 Å². The largest absolute Gasteiger partial charge is 0.443 e. The SMILES string of the molecule is CC(C)(C)OC(=O)N(C(=O)C1=CCCN(C(C)(C)C)C1)c1ccccc1Br. The van der Waals surface area contributed by atoms with E-state index in [1.165, 1.54) is 0 Å². The number of hydrogen-bond acceptors (Lipinski definition) is 4. The van der Waals surface area contributed by atoms with Crippen LogP contribution in [0.2, 0.25) is 0 Å². The molecular formula is C21H29BrN2O3. The number of anilines is 1. The van der Waals surface area contributed by atoms with Crippen LogP contribution in [-0.4, -0.2) is 41.1 Å². The van der Waals surface area contributed by atoms with Crippen LogP contribution in [0.5, 0.6) is 0 Å². The molecule has 0 saturated heterocycles. The number of carbonyl (C=O) groups is 2. The Bertz CT molecular complexity index is 745. The summed E-state index contributed by atoms with van der Waals surface area (Å²) in [6.07, 6.45) is 2.03. The molecular weight excluding hydrogens is 408 g/mol. The maximum Gasteiger partial charge on any atom is 0.422 e. The lowest BCUT2D eigenvalue weighted by Gasteiger charge is -2.38. The van der Waals surface area contributed by atoms with Crippen molar-refractivity contribution in [2.24, 2.45) is 0 Å². The van der Waals surface area contributed by atoms with Crippen molar-refractivity contribution in [2.75, 3.05) is 18.0 Å². The van der Waals surface area contributed by atoms with Crippen LogP contribution >= 0.6 is 15.9 Å². The van der Waals surface area contributed by atoms with Gasteiger partial charge in [0, 0.05) is 28.7 Å². The second-order valence-electron chi connectivity index (χ2n) is 8.68. The highest BCUT2D eigenvalue weighted by Crippen LogP contribution is 2.30. The number of nitrogens with zero attached hydrogens (tertiary/aromatic N) is 2. The van der Waals surface area contributed by atoms with E-state index >= 15 is 0 Å². The van der Waals surface area contributed by atoms with Crippen LogP contribution in [-0.2, 0) is 9.53 Å². The van der Waals surface area contributed by atoms with Crippen molar-refractivity contribution in [2.45, 2.75) is 59.1 Å². The predicted octanol–water partition coefficient (Wildman–Crippen LogP) is 5.15. The minimum Gasteiger partial charge on any atom is -0.443 e. The van der Waals surface area contributed by atoms with Crippen molar-refractivity contribution >= 4 is 33.6 Å². The number of amides is 2. The summed E-state index contributed by atoms with van der Waals surface area (Å²) in [5.41, 5.74) is 0.336. The zero-order valence-corrected chi connectivity index (χ0v) is 18.6. The molecule has 0 aliphatic carbocycles. The molecule has 0 radical (unpaired) electrons. The molecule has 1 aliphatic heterocycles. The molecule has 2 rings (SSSR count). The van der Waals surface area contributed by atoms with Gasteiger partial charge < -0.3 is 4.74 Å². The number of hydrogen-bond donors (Lipinski definition) is 0. The van der Waals surface area contributed by atoms with Gasteiger partial charge in [0.1, 0.15) is 5.60 Å². The zero-order chi connectivity index (χ0) is 20.4. The van der Waals surface area contributed by atoms with E-state index in [4.69, 9.17) is 4.74 Å². The topological polar surface area (TPSA) is 49.9 Å². The van der Waals surface area contributed by atoms with Crippen molar-refractivity contribution in [1.29, 1.82) is 0 Å². The molecule has 1 heterocycles. The molecule has 0 spiro atoms. The third-order valence-corrected chi connectivity index (χ3v) is 4.92. The van der Waals surface area contributed by atoms with E-state index in [2.05, 4.69) is 41.6 Å². The van der Waals surface area contributed by atoms with E-state index in [1.807, 2.05) is 12.1 Å². The lowest BCUT2D eigenvalue weighted by Crippen LogP contribution is -2.48. The summed E-state index contributed by atoms with van der Waals surface area (Å²) >= 11 is 3.45. The maximum atomic E-state index is 13.4. The van der Waals surface area contributed by atoms with E-state index in [0.717, 1.165) is 17.9 Å². The van der Waals surface area contributed by atoms with Crippen molar-refractivity contribution < 1.29 is 14.3 Å². The number of carbonyl (C=O) groups excluding carboxylic acids is 2. The first-order valence-electron chi connectivity index (χ1n) is 9.16. The molecule has 1 aliphatic rings. The van der Waals surface area contributed by atoms with E-state index < -0.39 is 11.7 Å². The fraction of sp³-hybridized carbons (Fsp3) is 0.524. The fourth-order valence-electron chi connectivity index (χ4n) is 2.85. The molecule has 6 heteroatoms. The molecule has 0 saturated carbocycles. The molecule has 1 aromatic carbocycles. The standard InChI is InChI=1S/C21H29BrN2O3/c1-20(2,3)23-13-9-10-15(14-23)18(25)24(19(26)27-21(4,5)6)17-12-8-7-11-16(17)22/h7-8,10-12H,9,13-14H2,1-6H3. The minimum absolute atomic E-state index is 0.0517. The molecule has 0 bridgehead atoms. The van der Waals surface area contributed by atoms with Crippen LogP contribution in [0.3, 0.4) is 0 Å². The minimum atomic E-state index is -0.699. The van der Waals surface area contributed by atoms with E-state index in [-0.39, 0.29) is 11.4 Å². The average molecular weight is 437 g/mol. The van der Waals surface area contributed by atoms with Crippen LogP contribution in [0.1, 0.15) is 48.0 Å². The Morgan fingerprint density at radius 3 is 2.30 bits per heavy atom. The monoisotopic (exact) mass is 436 g/mol. The predicted molar refractivity (Wildman–Crippen MR) is 112 cm³/mol. The second-order valence-corrected chi connectivity index (χ2v) is 9.54. The molecule has 0 aromatic heterocycles. The highest BCUT2D eigenvalue weighted by atomic mass is 79.9. The van der Waals surface area contributed by atoms with Crippen molar-refractivity contribution in [3.63, 3.8) is 0 Å². The number of para-hydroxylation sites is 1. The Kier molecular flexibility index (Phi) is 6.53. The van der Waals surface area contributed by atoms with Crippen LogP contribution < -0.4 is 4.90 Å². The van der Waals surface area contributed by atoms with Gasteiger partial charge in [-0.15, -0.1) is 0 Å². The number of ether oxygens (including phenoxy) is 1. The molecule has 5 nitrogen and oxygen atoms in total. The smallest absolute Gasteiger partial charge is 0.422 e. The number of imide groups is 1. The van der Waals surface area contributed by atoms with Crippen molar-refractivity contribution in [3.8, 4) is 0 Å². The Morgan fingerprint density at radius 1 is 1.11 bits per heavy atom. The Hall–Kier alpha value is -1.66. The Balaban J connectivity index is 2.39. The number of rotatable bonds is 2. The Labute approximate surface area is 170 Å². The summed E-state index contributed by atoms with van der Waals surface area (Å²) in [6.45, 7) is 13.1. The van der Waals surface area contributed by atoms with E-state index in [1.54, 1.807) is 39.0 Å². The molecule has 27 heavy (non-hydrogen) atoms. The van der Waals surface area contributed by atoms with Gasteiger partial charge in [-0.3, -0.25) is 9.69 Å². The summed E-state index contributed by atoms with van der Waals surface area (Å²) in [7, 11) is 0. The molecule has 0 N–H and O–H groups in total. The lowest BCUT2D eigenvalue weighted by atomic mass is 10.00. The van der Waals surface area contributed by atoms with Crippen LogP contribution in [0.25, 0.3) is 0 Å². The van der Waals surface area contributed by atoms with E-state index in [0.29, 0.717) is 22.3 Å². The molecule has 148 valence electrons. The first-order valence-corrected chi connectivity index (χ1v) is 9.95. The molecule has 0 fully saturated rings. The molecule has 1 aromatic rings. The van der Waals surface area contributed by atoms with Gasteiger partial charge in [0.15, 0.2) is 0 Å². The number of halogens is 1.